The number of hydrogen-bond acceptors (Lipinski definition) is 4. The minimum Gasteiger partial charge on any atom is -0.478 e. The molecule has 3 rings (SSSR count). The minimum absolute atomic E-state index is 0.121. The Hall–Kier alpha value is -3.80. The average Bonchev–Trinajstić information content (AvgIpc) is 2.67. The van der Waals surface area contributed by atoms with Crippen LogP contribution in [0.1, 0.15) is 17.3 Å². The molecule has 0 aliphatic rings. The molecule has 0 spiro atoms. The number of carbonyl (C=O) groups excluding carboxylic acids is 1. The van der Waals surface area contributed by atoms with Crippen LogP contribution in [-0.4, -0.2) is 24.0 Å². The molecule has 6 nitrogen and oxygen atoms in total. The Labute approximate surface area is 163 Å². The summed E-state index contributed by atoms with van der Waals surface area (Å²) in [6.45, 7) is 1.47. The summed E-state index contributed by atoms with van der Waals surface area (Å²) >= 11 is 0. The Balaban J connectivity index is 1.95. The van der Waals surface area contributed by atoms with Crippen LogP contribution in [0.5, 0.6) is 0 Å². The summed E-state index contributed by atoms with van der Waals surface area (Å²) in [5.74, 6) is -1.16. The van der Waals surface area contributed by atoms with Crippen molar-refractivity contribution >= 4 is 28.9 Å². The quantitative estimate of drug-likeness (QED) is 0.498. The van der Waals surface area contributed by atoms with Crippen LogP contribution in [0.15, 0.2) is 60.7 Å². The highest BCUT2D eigenvalue weighted by molar-refractivity contribution is 6.00. The zero-order valence-electron chi connectivity index (χ0n) is 15.6. The van der Waals surface area contributed by atoms with Crippen LogP contribution < -0.4 is 16.4 Å². The van der Waals surface area contributed by atoms with Gasteiger partial charge in [-0.05, 0) is 46.5 Å². The molecule has 0 aliphatic heterocycles. The Morgan fingerprint density at radius 1 is 0.893 bits per heavy atom. The lowest BCUT2D eigenvalue weighted by Gasteiger charge is -2.13. The molecule has 0 radical (unpaired) electrons. The van der Waals surface area contributed by atoms with Crippen molar-refractivity contribution in [2.24, 2.45) is 0 Å². The Morgan fingerprint density at radius 3 is 2.11 bits per heavy atom. The van der Waals surface area contributed by atoms with E-state index in [1.165, 1.54) is 6.92 Å². The van der Waals surface area contributed by atoms with Crippen LogP contribution in [0.3, 0.4) is 0 Å². The number of amides is 1. The highest BCUT2D eigenvalue weighted by atomic mass is 16.4. The molecule has 3 aromatic carbocycles. The summed E-state index contributed by atoms with van der Waals surface area (Å²) < 4.78 is 0. The molecule has 28 heavy (non-hydrogen) atoms. The SMILES string of the molecule is CNc1c(N)cc(-c2ccc(-c3cccc(NC(C)=O)c3)cc2)cc1C(=O)O. The molecule has 0 atom stereocenters. The highest BCUT2D eigenvalue weighted by Crippen LogP contribution is 2.32. The molecule has 0 bridgehead atoms. The van der Waals surface area contributed by atoms with Crippen molar-refractivity contribution in [2.75, 3.05) is 23.4 Å². The molecule has 142 valence electrons. The maximum atomic E-state index is 11.5. The van der Waals surface area contributed by atoms with Crippen LogP contribution in [0.25, 0.3) is 22.3 Å². The molecule has 1 amide bonds. The number of carboxylic acid groups (broad SMARTS) is 1. The van der Waals surface area contributed by atoms with Crippen molar-refractivity contribution in [1.29, 1.82) is 0 Å². The van der Waals surface area contributed by atoms with Crippen molar-refractivity contribution in [2.45, 2.75) is 6.92 Å². The molecule has 0 aliphatic carbocycles. The number of nitrogen functional groups attached to an aromatic ring is 1. The summed E-state index contributed by atoms with van der Waals surface area (Å²) in [4.78, 5) is 22.8. The molecule has 0 aromatic heterocycles. The minimum atomic E-state index is -1.04. The van der Waals surface area contributed by atoms with E-state index >= 15 is 0 Å². The van der Waals surface area contributed by atoms with E-state index in [1.54, 1.807) is 19.2 Å². The highest BCUT2D eigenvalue weighted by Gasteiger charge is 2.14. The number of nitrogens with one attached hydrogen (secondary N) is 2. The van der Waals surface area contributed by atoms with Crippen molar-refractivity contribution < 1.29 is 14.7 Å². The lowest BCUT2D eigenvalue weighted by Crippen LogP contribution is -2.06. The number of anilines is 3. The lowest BCUT2D eigenvalue weighted by atomic mass is 9.97. The van der Waals surface area contributed by atoms with E-state index in [2.05, 4.69) is 10.6 Å². The Morgan fingerprint density at radius 2 is 1.54 bits per heavy atom. The second-order valence-corrected chi connectivity index (χ2v) is 6.38. The van der Waals surface area contributed by atoms with Gasteiger partial charge in [0.15, 0.2) is 0 Å². The van der Waals surface area contributed by atoms with E-state index in [0.717, 1.165) is 27.9 Å². The van der Waals surface area contributed by atoms with Gasteiger partial charge in [0.25, 0.3) is 0 Å². The third-order valence-corrected chi connectivity index (χ3v) is 4.38. The predicted octanol–water partition coefficient (Wildman–Crippen LogP) is 4.30. The van der Waals surface area contributed by atoms with E-state index in [4.69, 9.17) is 5.73 Å². The molecular weight excluding hydrogens is 354 g/mol. The van der Waals surface area contributed by atoms with Gasteiger partial charge in [-0.25, -0.2) is 4.79 Å². The third kappa shape index (κ3) is 3.96. The van der Waals surface area contributed by atoms with Gasteiger partial charge in [-0.3, -0.25) is 4.79 Å². The number of aromatic carboxylic acids is 1. The number of hydrogen-bond donors (Lipinski definition) is 4. The largest absolute Gasteiger partial charge is 0.478 e. The standard InChI is InChI=1S/C22H21N3O3/c1-13(26)25-18-5-3-4-16(10-18)14-6-8-15(9-7-14)17-11-19(22(27)28)21(24-2)20(23)12-17/h3-12,24H,23H2,1-2H3,(H,25,26)(H,27,28). The lowest BCUT2D eigenvalue weighted by molar-refractivity contribution is -0.114. The van der Waals surface area contributed by atoms with Crippen LogP contribution in [0, 0.1) is 0 Å². The van der Waals surface area contributed by atoms with E-state index in [1.807, 2.05) is 48.5 Å². The zero-order chi connectivity index (χ0) is 20.3. The smallest absolute Gasteiger partial charge is 0.337 e. The van der Waals surface area contributed by atoms with Crippen molar-refractivity contribution in [3.05, 3.63) is 66.2 Å². The second-order valence-electron chi connectivity index (χ2n) is 6.38. The summed E-state index contributed by atoms with van der Waals surface area (Å²) in [6.07, 6.45) is 0. The first kappa shape index (κ1) is 19.0. The normalized spacial score (nSPS) is 10.4. The first-order valence-corrected chi connectivity index (χ1v) is 8.72. The molecule has 0 unspecified atom stereocenters. The van der Waals surface area contributed by atoms with Crippen molar-refractivity contribution in [1.82, 2.24) is 0 Å². The molecule has 0 saturated carbocycles. The van der Waals surface area contributed by atoms with Crippen LogP contribution >= 0.6 is 0 Å². The molecule has 6 heteroatoms. The van der Waals surface area contributed by atoms with E-state index in [-0.39, 0.29) is 11.5 Å². The number of carboxylic acids is 1. The van der Waals surface area contributed by atoms with Gasteiger partial charge >= 0.3 is 5.97 Å². The first-order valence-electron chi connectivity index (χ1n) is 8.72. The van der Waals surface area contributed by atoms with E-state index in [9.17, 15) is 14.7 Å². The van der Waals surface area contributed by atoms with Crippen molar-refractivity contribution in [3.63, 3.8) is 0 Å². The second kappa shape index (κ2) is 7.84. The van der Waals surface area contributed by atoms with Crippen molar-refractivity contribution in [3.8, 4) is 22.3 Å². The van der Waals surface area contributed by atoms with E-state index < -0.39 is 5.97 Å². The average molecular weight is 375 g/mol. The number of carbonyl (C=O) groups is 2. The molecule has 5 N–H and O–H groups in total. The maximum Gasteiger partial charge on any atom is 0.337 e. The molecule has 0 saturated heterocycles. The topological polar surface area (TPSA) is 104 Å². The Kier molecular flexibility index (Phi) is 5.31. The number of benzene rings is 3. The predicted molar refractivity (Wildman–Crippen MR) is 113 cm³/mol. The fourth-order valence-electron chi connectivity index (χ4n) is 3.11. The first-order chi connectivity index (χ1) is 13.4. The number of nitrogens with two attached hydrogens (primary N) is 1. The van der Waals surface area contributed by atoms with Gasteiger partial charge in [0, 0.05) is 19.7 Å². The summed E-state index contributed by atoms with van der Waals surface area (Å²) in [5, 5.41) is 15.1. The molecular formula is C22H21N3O3. The van der Waals surface area contributed by atoms with Crippen LogP contribution in [-0.2, 0) is 4.79 Å². The molecule has 0 heterocycles. The van der Waals surface area contributed by atoms with Gasteiger partial charge in [0.1, 0.15) is 0 Å². The summed E-state index contributed by atoms with van der Waals surface area (Å²) in [5.41, 5.74) is 11.2. The van der Waals surface area contributed by atoms with Gasteiger partial charge in [0.2, 0.25) is 5.91 Å². The third-order valence-electron chi connectivity index (χ3n) is 4.38. The maximum absolute atomic E-state index is 11.5. The van der Waals surface area contributed by atoms with Crippen LogP contribution in [0.2, 0.25) is 0 Å². The molecule has 3 aromatic rings. The summed E-state index contributed by atoms with van der Waals surface area (Å²) in [6, 6.07) is 18.7. The van der Waals surface area contributed by atoms with Gasteiger partial charge in [-0.1, -0.05) is 36.4 Å². The van der Waals surface area contributed by atoms with Gasteiger partial charge in [-0.15, -0.1) is 0 Å². The Bertz CT molecular complexity index is 1040. The fourth-order valence-corrected chi connectivity index (χ4v) is 3.11. The van der Waals surface area contributed by atoms with Gasteiger partial charge in [-0.2, -0.15) is 0 Å². The monoisotopic (exact) mass is 375 g/mol. The number of rotatable bonds is 5. The summed E-state index contributed by atoms with van der Waals surface area (Å²) in [7, 11) is 1.64. The van der Waals surface area contributed by atoms with Gasteiger partial charge < -0.3 is 21.5 Å². The van der Waals surface area contributed by atoms with E-state index in [0.29, 0.717) is 11.4 Å². The zero-order valence-corrected chi connectivity index (χ0v) is 15.6. The fraction of sp³-hybridized carbons (Fsp3) is 0.0909. The van der Waals surface area contributed by atoms with Gasteiger partial charge in [0.05, 0.1) is 16.9 Å². The molecule has 0 fully saturated rings. The van der Waals surface area contributed by atoms with Crippen LogP contribution in [0.4, 0.5) is 17.1 Å².